The molecule has 0 saturated carbocycles. The van der Waals surface area contributed by atoms with Crippen LogP contribution in [0.2, 0.25) is 0 Å². The SMILES string of the molecule is CN1CCN(c2ccc(C(N)=O)c(NC(=O)c3csc(-c4cccc(S(C)(=O)=O)c4)n3)c2)CC1. The number of carbonyl (C=O) groups excluding carboxylic acids is 2. The van der Waals surface area contributed by atoms with Gasteiger partial charge in [-0.1, -0.05) is 12.1 Å². The summed E-state index contributed by atoms with van der Waals surface area (Å²) in [6.45, 7) is 3.51. The van der Waals surface area contributed by atoms with Crippen LogP contribution in [0.5, 0.6) is 0 Å². The fourth-order valence-corrected chi connectivity index (χ4v) is 5.13. The Kier molecular flexibility index (Phi) is 6.69. The Balaban J connectivity index is 1.58. The van der Waals surface area contributed by atoms with Gasteiger partial charge in [0.15, 0.2) is 9.84 Å². The monoisotopic (exact) mass is 499 g/mol. The smallest absolute Gasteiger partial charge is 0.275 e. The first kappa shape index (κ1) is 23.9. The van der Waals surface area contributed by atoms with Crippen LogP contribution in [0, 0.1) is 0 Å². The number of aromatic nitrogens is 1. The van der Waals surface area contributed by atoms with Gasteiger partial charge in [0.05, 0.1) is 16.1 Å². The normalized spacial score (nSPS) is 14.7. The van der Waals surface area contributed by atoms with Gasteiger partial charge in [-0.05, 0) is 37.4 Å². The van der Waals surface area contributed by atoms with Crippen LogP contribution in [0.15, 0.2) is 52.7 Å². The lowest BCUT2D eigenvalue weighted by Crippen LogP contribution is -2.44. The molecule has 0 bridgehead atoms. The van der Waals surface area contributed by atoms with Gasteiger partial charge in [0, 0.05) is 49.1 Å². The molecule has 34 heavy (non-hydrogen) atoms. The number of thiazole rings is 1. The van der Waals surface area contributed by atoms with Gasteiger partial charge in [-0.3, -0.25) is 9.59 Å². The van der Waals surface area contributed by atoms with Gasteiger partial charge >= 0.3 is 0 Å². The van der Waals surface area contributed by atoms with Gasteiger partial charge in [0.1, 0.15) is 10.7 Å². The van der Waals surface area contributed by atoms with Crippen LogP contribution in [-0.2, 0) is 9.84 Å². The molecule has 9 nitrogen and oxygen atoms in total. The second kappa shape index (κ2) is 9.53. The molecule has 0 spiro atoms. The topological polar surface area (TPSA) is 126 Å². The van der Waals surface area contributed by atoms with Crippen LogP contribution >= 0.6 is 11.3 Å². The Morgan fingerprint density at radius 2 is 1.82 bits per heavy atom. The standard InChI is InChI=1S/C23H25N5O4S2/c1-27-8-10-28(11-9-27)16-6-7-18(21(24)29)19(13-16)25-22(30)20-14-33-23(26-20)15-4-3-5-17(12-15)34(2,31)32/h3-7,12-14H,8-11H2,1-2H3,(H2,24,29)(H,25,30). The zero-order valence-corrected chi connectivity index (χ0v) is 20.4. The van der Waals surface area contributed by atoms with Crippen molar-refractivity contribution in [3.05, 3.63) is 59.1 Å². The van der Waals surface area contributed by atoms with Crippen LogP contribution in [0.4, 0.5) is 11.4 Å². The molecule has 2 aromatic carbocycles. The van der Waals surface area contributed by atoms with E-state index in [-0.39, 0.29) is 16.2 Å². The Bertz CT molecular complexity index is 1340. The maximum absolute atomic E-state index is 13.0. The van der Waals surface area contributed by atoms with E-state index in [2.05, 4.69) is 27.1 Å². The summed E-state index contributed by atoms with van der Waals surface area (Å²) in [5, 5.41) is 4.87. The molecule has 11 heteroatoms. The van der Waals surface area contributed by atoms with E-state index in [0.717, 1.165) is 38.1 Å². The van der Waals surface area contributed by atoms with Crippen LogP contribution in [-0.4, -0.2) is 69.6 Å². The maximum Gasteiger partial charge on any atom is 0.275 e. The van der Waals surface area contributed by atoms with E-state index in [1.54, 1.807) is 29.6 Å². The summed E-state index contributed by atoms with van der Waals surface area (Å²) < 4.78 is 23.7. The van der Waals surface area contributed by atoms with Gasteiger partial charge < -0.3 is 20.9 Å². The summed E-state index contributed by atoms with van der Waals surface area (Å²) in [5.41, 5.74) is 7.71. The molecule has 3 aromatic rings. The van der Waals surface area contributed by atoms with Crippen molar-refractivity contribution in [1.29, 1.82) is 0 Å². The summed E-state index contributed by atoms with van der Waals surface area (Å²) in [7, 11) is -1.30. The lowest BCUT2D eigenvalue weighted by Gasteiger charge is -2.34. The number of nitrogens with two attached hydrogens (primary N) is 1. The third-order valence-corrected chi connectivity index (χ3v) is 7.63. The average Bonchev–Trinajstić information content (AvgIpc) is 3.29. The molecule has 2 amide bonds. The minimum atomic E-state index is -3.37. The summed E-state index contributed by atoms with van der Waals surface area (Å²) in [4.78, 5) is 33.9. The molecule has 0 atom stereocenters. The molecule has 178 valence electrons. The van der Waals surface area contributed by atoms with Gasteiger partial charge in [-0.2, -0.15) is 0 Å². The predicted octanol–water partition coefficient (Wildman–Crippen LogP) is 2.32. The highest BCUT2D eigenvalue weighted by molar-refractivity contribution is 7.90. The van der Waals surface area contributed by atoms with E-state index in [1.165, 1.54) is 23.5 Å². The molecule has 3 N–H and O–H groups in total. The number of anilines is 2. The molecule has 1 aliphatic heterocycles. The van der Waals surface area contributed by atoms with Gasteiger partial charge in [-0.15, -0.1) is 11.3 Å². The first-order valence-electron chi connectivity index (χ1n) is 10.6. The van der Waals surface area contributed by atoms with E-state index < -0.39 is 21.7 Å². The van der Waals surface area contributed by atoms with Crippen molar-refractivity contribution >= 4 is 44.4 Å². The van der Waals surface area contributed by atoms with Gasteiger partial charge in [0.2, 0.25) is 0 Å². The second-order valence-corrected chi connectivity index (χ2v) is 11.1. The van der Waals surface area contributed by atoms with Gasteiger partial charge in [-0.25, -0.2) is 13.4 Å². The van der Waals surface area contributed by atoms with E-state index >= 15 is 0 Å². The Morgan fingerprint density at radius 3 is 2.50 bits per heavy atom. The van der Waals surface area contributed by atoms with Crippen LogP contribution in [0.1, 0.15) is 20.8 Å². The number of piperazine rings is 1. The number of nitrogens with zero attached hydrogens (tertiary/aromatic N) is 3. The zero-order chi connectivity index (χ0) is 24.5. The number of primary amides is 1. The molecule has 2 heterocycles. The number of amides is 2. The van der Waals surface area contributed by atoms with Crippen LogP contribution in [0.3, 0.4) is 0 Å². The van der Waals surface area contributed by atoms with Crippen molar-refractivity contribution in [2.24, 2.45) is 5.73 Å². The molecule has 0 unspecified atom stereocenters. The van der Waals surface area contributed by atoms with Crippen molar-refractivity contribution < 1.29 is 18.0 Å². The first-order valence-corrected chi connectivity index (χ1v) is 13.3. The fraction of sp³-hybridized carbons (Fsp3) is 0.261. The number of benzene rings is 2. The Hall–Kier alpha value is -3.28. The summed E-state index contributed by atoms with van der Waals surface area (Å²) in [5.74, 6) is -1.13. The molecule has 1 saturated heterocycles. The number of sulfone groups is 1. The van der Waals surface area contributed by atoms with Crippen LogP contribution < -0.4 is 16.0 Å². The molecule has 1 fully saturated rings. The summed E-state index contributed by atoms with van der Waals surface area (Å²) in [6.07, 6.45) is 1.14. The number of carbonyl (C=O) groups is 2. The molecule has 0 radical (unpaired) electrons. The number of hydrogen-bond donors (Lipinski definition) is 2. The molecule has 1 aliphatic rings. The van der Waals surface area contributed by atoms with E-state index in [9.17, 15) is 18.0 Å². The average molecular weight is 500 g/mol. The molecular weight excluding hydrogens is 474 g/mol. The Morgan fingerprint density at radius 1 is 1.09 bits per heavy atom. The largest absolute Gasteiger partial charge is 0.369 e. The highest BCUT2D eigenvalue weighted by Gasteiger charge is 2.20. The lowest BCUT2D eigenvalue weighted by atomic mass is 10.1. The summed E-state index contributed by atoms with van der Waals surface area (Å²) in [6, 6.07) is 11.6. The van der Waals surface area contributed by atoms with Crippen molar-refractivity contribution in [3.8, 4) is 10.6 Å². The molecule has 1 aromatic heterocycles. The third kappa shape index (κ3) is 5.27. The Labute approximate surface area is 202 Å². The fourth-order valence-electron chi connectivity index (χ4n) is 3.67. The number of likely N-dealkylation sites (N-methyl/N-ethyl adjacent to an activating group) is 1. The lowest BCUT2D eigenvalue weighted by molar-refractivity contribution is 0.100. The minimum Gasteiger partial charge on any atom is -0.369 e. The van der Waals surface area contributed by atoms with E-state index in [0.29, 0.717) is 16.3 Å². The number of hydrogen-bond acceptors (Lipinski definition) is 8. The number of rotatable bonds is 6. The van der Waals surface area contributed by atoms with Crippen molar-refractivity contribution in [1.82, 2.24) is 9.88 Å². The number of nitrogens with one attached hydrogen (secondary N) is 1. The first-order chi connectivity index (χ1) is 16.1. The third-order valence-electron chi connectivity index (χ3n) is 5.63. The molecule has 0 aliphatic carbocycles. The molecule has 4 rings (SSSR count). The van der Waals surface area contributed by atoms with Crippen molar-refractivity contribution in [2.75, 3.05) is 49.7 Å². The highest BCUT2D eigenvalue weighted by atomic mass is 32.2. The minimum absolute atomic E-state index is 0.158. The van der Waals surface area contributed by atoms with Crippen molar-refractivity contribution in [3.63, 3.8) is 0 Å². The maximum atomic E-state index is 13.0. The van der Waals surface area contributed by atoms with Crippen LogP contribution in [0.25, 0.3) is 10.6 Å². The molecular formula is C23H25N5O4S2. The van der Waals surface area contributed by atoms with E-state index in [1.807, 2.05) is 6.07 Å². The highest BCUT2D eigenvalue weighted by Crippen LogP contribution is 2.28. The van der Waals surface area contributed by atoms with Gasteiger partial charge in [0.25, 0.3) is 11.8 Å². The predicted molar refractivity (Wildman–Crippen MR) is 133 cm³/mol. The summed E-state index contributed by atoms with van der Waals surface area (Å²) >= 11 is 1.23. The van der Waals surface area contributed by atoms with E-state index in [4.69, 9.17) is 5.73 Å². The zero-order valence-electron chi connectivity index (χ0n) is 18.8. The second-order valence-electron chi connectivity index (χ2n) is 8.18. The quantitative estimate of drug-likeness (QED) is 0.533. The van der Waals surface area contributed by atoms with Crippen molar-refractivity contribution in [2.45, 2.75) is 4.90 Å².